The van der Waals surface area contributed by atoms with Crippen molar-refractivity contribution in [1.29, 1.82) is 0 Å². The lowest BCUT2D eigenvalue weighted by molar-refractivity contribution is 1.15. The van der Waals surface area contributed by atoms with Crippen molar-refractivity contribution in [3.05, 3.63) is 72.2 Å². The molecule has 0 atom stereocenters. The Labute approximate surface area is 145 Å². The van der Waals surface area contributed by atoms with Crippen molar-refractivity contribution < 1.29 is 0 Å². The lowest BCUT2D eigenvalue weighted by atomic mass is 10.1. The van der Waals surface area contributed by atoms with E-state index in [2.05, 4.69) is 44.5 Å². The number of fused-ring (bicyclic) bond motifs is 1. The fourth-order valence-electron chi connectivity index (χ4n) is 2.91. The van der Waals surface area contributed by atoms with E-state index in [1.54, 1.807) is 0 Å². The maximum absolute atomic E-state index is 5.96. The van der Waals surface area contributed by atoms with E-state index in [0.29, 0.717) is 6.54 Å². The number of nitrogen functional groups attached to an aromatic ring is 1. The zero-order valence-corrected chi connectivity index (χ0v) is 14.0. The van der Waals surface area contributed by atoms with E-state index in [-0.39, 0.29) is 0 Å². The summed E-state index contributed by atoms with van der Waals surface area (Å²) in [6, 6.07) is 18.1. The summed E-state index contributed by atoms with van der Waals surface area (Å²) in [5.74, 6) is 0.894. The predicted octanol–water partition coefficient (Wildman–Crippen LogP) is 4.13. The molecule has 4 aromatic rings. The second-order valence-corrected chi connectivity index (χ2v) is 6.02. The molecule has 0 radical (unpaired) electrons. The summed E-state index contributed by atoms with van der Waals surface area (Å²) in [6.45, 7) is 2.67. The summed E-state index contributed by atoms with van der Waals surface area (Å²) in [5.41, 5.74) is 12.7. The molecule has 2 heterocycles. The van der Waals surface area contributed by atoms with Gasteiger partial charge in [0.15, 0.2) is 0 Å². The van der Waals surface area contributed by atoms with Crippen LogP contribution in [0.1, 0.15) is 11.4 Å². The number of nitrogens with one attached hydrogen (secondary N) is 2. The number of aryl methyl sites for hydroxylation is 1. The molecule has 0 bridgehead atoms. The Morgan fingerprint density at radius 1 is 1.04 bits per heavy atom. The molecule has 25 heavy (non-hydrogen) atoms. The van der Waals surface area contributed by atoms with Gasteiger partial charge in [-0.15, -0.1) is 0 Å². The molecule has 4 rings (SSSR count). The highest BCUT2D eigenvalue weighted by molar-refractivity contribution is 5.89. The van der Waals surface area contributed by atoms with Gasteiger partial charge >= 0.3 is 0 Å². The average molecular weight is 329 g/mol. The largest absolute Gasteiger partial charge is 0.397 e. The molecule has 0 aliphatic carbocycles. The molecule has 2 aromatic carbocycles. The number of H-pyrrole nitrogens is 1. The predicted molar refractivity (Wildman–Crippen MR) is 102 cm³/mol. The van der Waals surface area contributed by atoms with E-state index >= 15 is 0 Å². The van der Waals surface area contributed by atoms with Gasteiger partial charge in [-0.05, 0) is 30.7 Å². The van der Waals surface area contributed by atoms with Gasteiger partial charge in [-0.25, -0.2) is 4.98 Å². The Bertz CT molecular complexity index is 1020. The van der Waals surface area contributed by atoms with Crippen LogP contribution in [0.2, 0.25) is 0 Å². The van der Waals surface area contributed by atoms with Crippen LogP contribution >= 0.6 is 0 Å². The van der Waals surface area contributed by atoms with Gasteiger partial charge in [0, 0.05) is 18.3 Å². The second-order valence-electron chi connectivity index (χ2n) is 6.02. The minimum atomic E-state index is 0.716. The lowest BCUT2D eigenvalue weighted by Gasteiger charge is -2.09. The van der Waals surface area contributed by atoms with E-state index in [9.17, 15) is 0 Å². The highest BCUT2D eigenvalue weighted by Crippen LogP contribution is 2.25. The second kappa shape index (κ2) is 6.28. The van der Waals surface area contributed by atoms with Gasteiger partial charge in [-0.1, -0.05) is 36.4 Å². The van der Waals surface area contributed by atoms with Crippen molar-refractivity contribution >= 4 is 22.4 Å². The maximum atomic E-state index is 5.96. The number of nitrogens with zero attached hydrogens (tertiary/aromatic N) is 2. The van der Waals surface area contributed by atoms with Gasteiger partial charge < -0.3 is 16.0 Å². The summed E-state index contributed by atoms with van der Waals surface area (Å²) in [6.07, 6.45) is 1.81. The van der Waals surface area contributed by atoms with Crippen LogP contribution in [-0.4, -0.2) is 15.0 Å². The van der Waals surface area contributed by atoms with Crippen molar-refractivity contribution in [3.63, 3.8) is 0 Å². The molecule has 2 aromatic heterocycles. The first kappa shape index (κ1) is 15.2. The normalized spacial score (nSPS) is 10.9. The highest BCUT2D eigenvalue weighted by Gasteiger charge is 2.09. The number of para-hydroxylation sites is 2. The molecular formula is C20H19N5. The zero-order valence-electron chi connectivity index (χ0n) is 14.0. The van der Waals surface area contributed by atoms with E-state index < -0.39 is 0 Å². The van der Waals surface area contributed by atoms with Gasteiger partial charge in [0.2, 0.25) is 0 Å². The third-order valence-corrected chi connectivity index (χ3v) is 4.19. The SMILES string of the molecule is Cc1nc2c(-c3ccc(CNc4ccccc4N)cc3)nccc2[nH]1. The zero-order chi connectivity index (χ0) is 17.2. The van der Waals surface area contributed by atoms with Gasteiger partial charge in [-0.2, -0.15) is 0 Å². The summed E-state index contributed by atoms with van der Waals surface area (Å²) in [4.78, 5) is 12.3. The molecule has 0 spiro atoms. The number of anilines is 2. The van der Waals surface area contributed by atoms with Crippen LogP contribution in [-0.2, 0) is 6.54 Å². The lowest BCUT2D eigenvalue weighted by Crippen LogP contribution is -2.02. The first-order valence-electron chi connectivity index (χ1n) is 8.20. The number of pyridine rings is 1. The number of hydrogen-bond acceptors (Lipinski definition) is 4. The Hall–Kier alpha value is -3.34. The fraction of sp³-hybridized carbons (Fsp3) is 0.100. The molecule has 0 aliphatic heterocycles. The summed E-state index contributed by atoms with van der Waals surface area (Å²) in [7, 11) is 0. The van der Waals surface area contributed by atoms with Crippen LogP contribution in [0.15, 0.2) is 60.8 Å². The van der Waals surface area contributed by atoms with Gasteiger partial charge in [0.1, 0.15) is 11.3 Å². The monoisotopic (exact) mass is 329 g/mol. The van der Waals surface area contributed by atoms with Crippen LogP contribution in [0.25, 0.3) is 22.3 Å². The highest BCUT2D eigenvalue weighted by atomic mass is 14.9. The Kier molecular flexibility index (Phi) is 3.82. The molecule has 0 fully saturated rings. The first-order valence-corrected chi connectivity index (χ1v) is 8.20. The van der Waals surface area contributed by atoms with Crippen molar-refractivity contribution in [1.82, 2.24) is 15.0 Å². The molecular weight excluding hydrogens is 310 g/mol. The van der Waals surface area contributed by atoms with Crippen molar-refractivity contribution in [2.75, 3.05) is 11.1 Å². The maximum Gasteiger partial charge on any atom is 0.115 e. The van der Waals surface area contributed by atoms with Gasteiger partial charge in [0.25, 0.3) is 0 Å². The van der Waals surface area contributed by atoms with Crippen molar-refractivity contribution in [3.8, 4) is 11.3 Å². The molecule has 4 N–H and O–H groups in total. The number of imidazole rings is 1. The van der Waals surface area contributed by atoms with Crippen LogP contribution in [0.4, 0.5) is 11.4 Å². The number of hydrogen-bond donors (Lipinski definition) is 3. The van der Waals surface area contributed by atoms with Crippen LogP contribution in [0.3, 0.4) is 0 Å². The van der Waals surface area contributed by atoms with Gasteiger partial charge in [-0.3, -0.25) is 4.98 Å². The summed E-state index contributed by atoms with van der Waals surface area (Å²) < 4.78 is 0. The number of nitrogens with two attached hydrogens (primary N) is 1. The molecule has 124 valence electrons. The summed E-state index contributed by atoms with van der Waals surface area (Å²) >= 11 is 0. The van der Waals surface area contributed by atoms with E-state index in [4.69, 9.17) is 5.73 Å². The van der Waals surface area contributed by atoms with E-state index in [1.165, 1.54) is 5.56 Å². The quantitative estimate of drug-likeness (QED) is 0.492. The van der Waals surface area contributed by atoms with Crippen molar-refractivity contribution in [2.24, 2.45) is 0 Å². The molecule has 0 saturated heterocycles. The molecule has 0 unspecified atom stereocenters. The average Bonchev–Trinajstić information content (AvgIpc) is 3.02. The minimum absolute atomic E-state index is 0.716. The smallest absolute Gasteiger partial charge is 0.115 e. The molecule has 5 heteroatoms. The van der Waals surface area contributed by atoms with Crippen LogP contribution < -0.4 is 11.1 Å². The number of rotatable bonds is 4. The topological polar surface area (TPSA) is 79.6 Å². The fourth-order valence-corrected chi connectivity index (χ4v) is 2.91. The Balaban J connectivity index is 1.56. The Morgan fingerprint density at radius 3 is 2.64 bits per heavy atom. The van der Waals surface area contributed by atoms with E-state index in [1.807, 2.05) is 43.5 Å². The van der Waals surface area contributed by atoms with Crippen LogP contribution in [0, 0.1) is 6.92 Å². The van der Waals surface area contributed by atoms with E-state index in [0.717, 1.165) is 39.5 Å². The van der Waals surface area contributed by atoms with Crippen molar-refractivity contribution in [2.45, 2.75) is 13.5 Å². The Morgan fingerprint density at radius 2 is 1.84 bits per heavy atom. The molecule has 0 amide bonds. The summed E-state index contributed by atoms with van der Waals surface area (Å²) in [5, 5.41) is 3.36. The first-order chi connectivity index (χ1) is 12.2. The molecule has 0 aliphatic rings. The molecule has 5 nitrogen and oxygen atoms in total. The standard InChI is InChI=1S/C20H19N5/c1-13-24-18-10-11-22-19(20(18)25-13)15-8-6-14(7-9-15)12-23-17-5-3-2-4-16(17)21/h2-11,23H,12,21H2,1H3,(H,24,25). The number of aromatic nitrogens is 3. The molecule has 0 saturated carbocycles. The third kappa shape index (κ3) is 3.04. The number of benzene rings is 2. The van der Waals surface area contributed by atoms with Gasteiger partial charge in [0.05, 0.1) is 22.6 Å². The minimum Gasteiger partial charge on any atom is -0.397 e. The third-order valence-electron chi connectivity index (χ3n) is 4.19. The number of aromatic amines is 1. The van der Waals surface area contributed by atoms with Crippen LogP contribution in [0.5, 0.6) is 0 Å².